The molecule has 0 bridgehead atoms. The SMILES string of the molecule is CC.COc1cccc(CN(C/C=C/C=C\C=C\n2cccc2)Cc2ccc(Cl)cc2Cl)c1. The Bertz CT molecular complexity index is 1040. The maximum Gasteiger partial charge on any atom is 0.119 e. The summed E-state index contributed by atoms with van der Waals surface area (Å²) in [5.41, 5.74) is 2.23. The minimum atomic E-state index is 0.645. The molecule has 3 aromatic rings. The van der Waals surface area contributed by atoms with Crippen molar-refractivity contribution in [2.45, 2.75) is 26.9 Å². The van der Waals surface area contributed by atoms with E-state index in [1.165, 1.54) is 5.56 Å². The number of hydrogen-bond acceptors (Lipinski definition) is 2. The standard InChI is InChI=1S/C26H26Cl2N2O.C2H6/c1-31-25-11-9-10-22(18-25)20-30(21-23-12-13-24(27)19-26(23)28)17-6-4-2-3-5-14-29-15-7-8-16-29;1-2/h2-16,18-19H,17,20-21H2,1H3;1-2H3/b3-2-,6-4+,14-5+;. The van der Waals surface area contributed by atoms with E-state index >= 15 is 0 Å². The molecule has 0 fully saturated rings. The normalized spacial score (nSPS) is 11.5. The summed E-state index contributed by atoms with van der Waals surface area (Å²) in [6.45, 7) is 6.27. The van der Waals surface area contributed by atoms with Gasteiger partial charge in [0.1, 0.15) is 5.75 Å². The molecule has 174 valence electrons. The number of rotatable bonds is 10. The number of methoxy groups -OCH3 is 1. The number of benzene rings is 2. The number of aromatic nitrogens is 1. The van der Waals surface area contributed by atoms with Gasteiger partial charge in [-0.05, 0) is 53.6 Å². The van der Waals surface area contributed by atoms with Crippen LogP contribution in [0.4, 0.5) is 0 Å². The fourth-order valence-corrected chi connectivity index (χ4v) is 3.59. The zero-order valence-electron chi connectivity index (χ0n) is 19.5. The average Bonchev–Trinajstić information content (AvgIpc) is 3.35. The molecule has 0 saturated carbocycles. The number of hydrogen-bond donors (Lipinski definition) is 0. The second kappa shape index (κ2) is 15.2. The van der Waals surface area contributed by atoms with Crippen LogP contribution >= 0.6 is 23.2 Å². The highest BCUT2D eigenvalue weighted by atomic mass is 35.5. The molecule has 0 saturated heterocycles. The summed E-state index contributed by atoms with van der Waals surface area (Å²) < 4.78 is 7.36. The Balaban J connectivity index is 0.00000187. The largest absolute Gasteiger partial charge is 0.497 e. The molecule has 3 rings (SSSR count). The van der Waals surface area contributed by atoms with Crippen LogP contribution < -0.4 is 4.74 Å². The van der Waals surface area contributed by atoms with Crippen LogP contribution in [0.15, 0.2) is 97.4 Å². The van der Waals surface area contributed by atoms with Crippen LogP contribution in [0.1, 0.15) is 25.0 Å². The van der Waals surface area contributed by atoms with Gasteiger partial charge in [-0.15, -0.1) is 0 Å². The van der Waals surface area contributed by atoms with Gasteiger partial charge in [0.15, 0.2) is 0 Å². The zero-order valence-corrected chi connectivity index (χ0v) is 21.0. The second-order valence-electron chi connectivity index (χ2n) is 7.04. The average molecular weight is 483 g/mol. The van der Waals surface area contributed by atoms with Crippen LogP contribution in [0, 0.1) is 0 Å². The van der Waals surface area contributed by atoms with Crippen LogP contribution in [0.3, 0.4) is 0 Å². The highest BCUT2D eigenvalue weighted by molar-refractivity contribution is 6.35. The minimum Gasteiger partial charge on any atom is -0.497 e. The second-order valence-corrected chi connectivity index (χ2v) is 7.89. The summed E-state index contributed by atoms with van der Waals surface area (Å²) >= 11 is 12.5. The van der Waals surface area contributed by atoms with E-state index in [1.54, 1.807) is 13.2 Å². The van der Waals surface area contributed by atoms with Crippen molar-refractivity contribution in [1.29, 1.82) is 0 Å². The van der Waals surface area contributed by atoms with Crippen molar-refractivity contribution in [3.8, 4) is 5.75 Å². The first-order valence-corrected chi connectivity index (χ1v) is 11.8. The smallest absolute Gasteiger partial charge is 0.119 e. The summed E-state index contributed by atoms with van der Waals surface area (Å²) in [5.74, 6) is 0.856. The zero-order chi connectivity index (χ0) is 23.9. The Hall–Kier alpha value is -2.72. The van der Waals surface area contributed by atoms with E-state index in [1.807, 2.05) is 91.6 Å². The van der Waals surface area contributed by atoms with E-state index < -0.39 is 0 Å². The number of allylic oxidation sites excluding steroid dienone is 4. The minimum absolute atomic E-state index is 0.645. The van der Waals surface area contributed by atoms with Gasteiger partial charge in [0.25, 0.3) is 0 Å². The molecule has 0 radical (unpaired) electrons. The lowest BCUT2D eigenvalue weighted by atomic mass is 10.1. The molecular weight excluding hydrogens is 451 g/mol. The van der Waals surface area contributed by atoms with Crippen LogP contribution in [0.25, 0.3) is 6.20 Å². The Labute approximate surface area is 208 Å². The monoisotopic (exact) mass is 482 g/mol. The van der Waals surface area contributed by atoms with E-state index in [-0.39, 0.29) is 0 Å². The molecule has 0 aliphatic heterocycles. The van der Waals surface area contributed by atoms with Crippen LogP contribution in [-0.4, -0.2) is 23.1 Å². The summed E-state index contributed by atoms with van der Waals surface area (Å²) in [6.07, 6.45) is 16.2. The molecule has 1 aromatic heterocycles. The molecular formula is C28H32Cl2N2O. The third-order valence-electron chi connectivity index (χ3n) is 4.67. The predicted octanol–water partition coefficient (Wildman–Crippen LogP) is 8.12. The van der Waals surface area contributed by atoms with Crippen molar-refractivity contribution < 1.29 is 4.74 Å². The van der Waals surface area contributed by atoms with Crippen molar-refractivity contribution in [1.82, 2.24) is 9.47 Å². The van der Waals surface area contributed by atoms with Crippen molar-refractivity contribution >= 4 is 29.4 Å². The van der Waals surface area contributed by atoms with Crippen LogP contribution in [-0.2, 0) is 13.1 Å². The third-order valence-corrected chi connectivity index (χ3v) is 5.26. The van der Waals surface area contributed by atoms with Gasteiger partial charge < -0.3 is 9.30 Å². The first kappa shape index (κ1) is 26.5. The predicted molar refractivity (Wildman–Crippen MR) is 143 cm³/mol. The van der Waals surface area contributed by atoms with Gasteiger partial charge in [0, 0.05) is 48.3 Å². The lowest BCUT2D eigenvalue weighted by molar-refractivity contribution is 0.285. The molecule has 0 N–H and O–H groups in total. The van der Waals surface area contributed by atoms with E-state index in [0.717, 1.165) is 30.9 Å². The first-order chi connectivity index (χ1) is 16.1. The van der Waals surface area contributed by atoms with Gasteiger partial charge in [0.05, 0.1) is 7.11 Å². The lowest BCUT2D eigenvalue weighted by Crippen LogP contribution is -2.23. The number of nitrogens with zero attached hydrogens (tertiary/aromatic N) is 2. The van der Waals surface area contributed by atoms with Crippen molar-refractivity contribution in [3.05, 3.63) is 119 Å². The van der Waals surface area contributed by atoms with Crippen molar-refractivity contribution in [2.24, 2.45) is 0 Å². The molecule has 0 aliphatic rings. The summed E-state index contributed by atoms with van der Waals surface area (Å²) in [5, 5.41) is 1.33. The van der Waals surface area contributed by atoms with Crippen molar-refractivity contribution in [2.75, 3.05) is 13.7 Å². The van der Waals surface area contributed by atoms with Gasteiger partial charge in [-0.25, -0.2) is 0 Å². The Morgan fingerprint density at radius 2 is 1.64 bits per heavy atom. The quantitative estimate of drug-likeness (QED) is 0.271. The molecule has 3 nitrogen and oxygen atoms in total. The fraction of sp³-hybridized carbons (Fsp3) is 0.214. The molecule has 33 heavy (non-hydrogen) atoms. The van der Waals surface area contributed by atoms with Gasteiger partial charge in [-0.3, -0.25) is 4.90 Å². The van der Waals surface area contributed by atoms with E-state index in [9.17, 15) is 0 Å². The fourth-order valence-electron chi connectivity index (χ4n) is 3.12. The van der Waals surface area contributed by atoms with Gasteiger partial charge in [-0.1, -0.05) is 79.6 Å². The first-order valence-electron chi connectivity index (χ1n) is 11.1. The Kier molecular flexibility index (Phi) is 12.2. The molecule has 5 heteroatoms. The third kappa shape index (κ3) is 9.75. The van der Waals surface area contributed by atoms with Gasteiger partial charge in [0.2, 0.25) is 0 Å². The summed E-state index contributed by atoms with van der Waals surface area (Å²) in [4.78, 5) is 2.32. The topological polar surface area (TPSA) is 17.4 Å². The van der Waals surface area contributed by atoms with Crippen LogP contribution in [0.2, 0.25) is 10.0 Å². The maximum absolute atomic E-state index is 6.42. The number of ether oxygens (including phenoxy) is 1. The molecule has 1 heterocycles. The lowest BCUT2D eigenvalue weighted by Gasteiger charge is -2.22. The Morgan fingerprint density at radius 1 is 0.879 bits per heavy atom. The molecule has 0 aliphatic carbocycles. The highest BCUT2D eigenvalue weighted by Gasteiger charge is 2.09. The molecule has 0 spiro atoms. The van der Waals surface area contributed by atoms with E-state index in [2.05, 4.69) is 29.2 Å². The summed E-state index contributed by atoms with van der Waals surface area (Å²) in [6, 6.07) is 17.8. The van der Waals surface area contributed by atoms with Crippen LogP contribution in [0.5, 0.6) is 5.75 Å². The Morgan fingerprint density at radius 3 is 2.36 bits per heavy atom. The molecule has 0 atom stereocenters. The molecule has 0 unspecified atom stereocenters. The van der Waals surface area contributed by atoms with Gasteiger partial charge in [-0.2, -0.15) is 0 Å². The van der Waals surface area contributed by atoms with Crippen molar-refractivity contribution in [3.63, 3.8) is 0 Å². The van der Waals surface area contributed by atoms with E-state index in [4.69, 9.17) is 27.9 Å². The highest BCUT2D eigenvalue weighted by Crippen LogP contribution is 2.23. The maximum atomic E-state index is 6.42. The molecule has 2 aromatic carbocycles. The van der Waals surface area contributed by atoms with Gasteiger partial charge >= 0.3 is 0 Å². The summed E-state index contributed by atoms with van der Waals surface area (Å²) in [7, 11) is 1.68. The molecule has 0 amide bonds. The van der Waals surface area contributed by atoms with E-state index in [0.29, 0.717) is 10.0 Å². The number of halogens is 2.